The molecule has 0 radical (unpaired) electrons. The lowest BCUT2D eigenvalue weighted by atomic mass is 10.5. The summed E-state index contributed by atoms with van der Waals surface area (Å²) in [5, 5.41) is 16.4. The molecule has 0 aliphatic heterocycles. The predicted molar refractivity (Wildman–Crippen MR) is 73.1 cm³/mol. The van der Waals surface area contributed by atoms with Gasteiger partial charge in [0.05, 0.1) is 15.6 Å². The molecule has 2 rings (SSSR count). The van der Waals surface area contributed by atoms with Crippen molar-refractivity contribution in [2.45, 2.75) is 6.61 Å². The summed E-state index contributed by atoms with van der Waals surface area (Å²) in [6.07, 6.45) is 4.24. The van der Waals surface area contributed by atoms with Gasteiger partial charge in [0, 0.05) is 26.5 Å². The number of nitrogens with zero attached hydrogens (tertiary/aromatic N) is 4. The summed E-state index contributed by atoms with van der Waals surface area (Å²) in [5.41, 5.74) is 1.12. The molecule has 0 aliphatic carbocycles. The number of hydrogen-bond donors (Lipinski definition) is 1. The van der Waals surface area contributed by atoms with Gasteiger partial charge in [0.2, 0.25) is 0 Å². The normalized spacial score (nSPS) is 9.83. The van der Waals surface area contributed by atoms with Crippen LogP contribution < -0.4 is 0 Å². The molecule has 0 bridgehead atoms. The van der Waals surface area contributed by atoms with Gasteiger partial charge < -0.3 is 5.11 Å². The van der Waals surface area contributed by atoms with Crippen LogP contribution in [0.15, 0.2) is 21.3 Å². The van der Waals surface area contributed by atoms with Crippen LogP contribution in [0.1, 0.15) is 16.2 Å². The summed E-state index contributed by atoms with van der Waals surface area (Å²) >= 11 is 6.40. The van der Waals surface area contributed by atoms with Crippen molar-refractivity contribution in [3.8, 4) is 0 Å². The Morgan fingerprint density at radius 3 is 2.00 bits per heavy atom. The fraction of sp³-hybridized carbons (Fsp3) is 0.300. The quantitative estimate of drug-likeness (QED) is 0.805. The van der Waals surface area contributed by atoms with E-state index in [0.717, 1.165) is 8.95 Å². The van der Waals surface area contributed by atoms with Crippen LogP contribution in [0.3, 0.4) is 0 Å². The van der Waals surface area contributed by atoms with Crippen molar-refractivity contribution >= 4 is 38.1 Å². The fourth-order valence-electron chi connectivity index (χ4n) is 1.17. The van der Waals surface area contributed by atoms with Crippen molar-refractivity contribution in [3.63, 3.8) is 0 Å². The molecule has 0 saturated heterocycles. The summed E-state index contributed by atoms with van der Waals surface area (Å²) in [6, 6.07) is 0. The monoisotopic (exact) mass is 378 g/mol. The maximum Gasteiger partial charge on any atom is 0.171 e. The van der Waals surface area contributed by atoms with Crippen LogP contribution in [0.2, 0.25) is 0 Å². The first-order chi connectivity index (χ1) is 8.47. The average Bonchev–Trinajstić information content (AvgIpc) is 2.81. The first-order valence-corrected chi connectivity index (χ1v) is 6.49. The lowest BCUT2D eigenvalue weighted by Gasteiger charge is -1.84. The highest BCUT2D eigenvalue weighted by molar-refractivity contribution is 9.10. The molecule has 0 aliphatic rings. The van der Waals surface area contributed by atoms with E-state index in [1.807, 2.05) is 7.05 Å². The Labute approximate surface area is 121 Å². The molecule has 0 amide bonds. The van der Waals surface area contributed by atoms with E-state index in [-0.39, 0.29) is 6.61 Å². The van der Waals surface area contributed by atoms with E-state index in [1.54, 1.807) is 28.8 Å². The molecule has 1 N–H and O–H groups in total. The van der Waals surface area contributed by atoms with E-state index in [9.17, 15) is 4.79 Å². The summed E-state index contributed by atoms with van der Waals surface area (Å²) < 4.78 is 4.82. The Bertz CT molecular complexity index is 536. The average molecular weight is 380 g/mol. The molecule has 6 nitrogen and oxygen atoms in total. The van der Waals surface area contributed by atoms with Gasteiger partial charge in [-0.3, -0.25) is 14.2 Å². The van der Waals surface area contributed by atoms with Crippen LogP contribution in [-0.2, 0) is 20.7 Å². The van der Waals surface area contributed by atoms with Crippen LogP contribution in [0.4, 0.5) is 0 Å². The zero-order chi connectivity index (χ0) is 13.7. The SMILES string of the molecule is Cn1cc(Br)c(C=O)n1.Cn1cc(Br)c(CO)n1. The van der Waals surface area contributed by atoms with Gasteiger partial charge >= 0.3 is 0 Å². The minimum atomic E-state index is -0.0125. The van der Waals surface area contributed by atoms with Gasteiger partial charge in [0.1, 0.15) is 11.4 Å². The first-order valence-electron chi connectivity index (χ1n) is 4.91. The molecule has 0 fully saturated rings. The second kappa shape index (κ2) is 6.81. The lowest BCUT2D eigenvalue weighted by Crippen LogP contribution is -1.89. The van der Waals surface area contributed by atoms with E-state index < -0.39 is 0 Å². The number of aromatic nitrogens is 4. The maximum atomic E-state index is 10.1. The molecule has 98 valence electrons. The molecule has 2 aromatic rings. The zero-order valence-corrected chi connectivity index (χ0v) is 13.0. The Morgan fingerprint density at radius 1 is 1.22 bits per heavy atom. The molecule has 0 aromatic carbocycles. The highest BCUT2D eigenvalue weighted by Gasteiger charge is 2.01. The third kappa shape index (κ3) is 4.04. The minimum Gasteiger partial charge on any atom is -0.390 e. The molecule has 0 saturated carbocycles. The van der Waals surface area contributed by atoms with Gasteiger partial charge in [-0.1, -0.05) is 0 Å². The largest absolute Gasteiger partial charge is 0.390 e. The van der Waals surface area contributed by atoms with Crippen molar-refractivity contribution in [2.75, 3.05) is 0 Å². The van der Waals surface area contributed by atoms with Gasteiger partial charge in [-0.05, 0) is 31.9 Å². The molecular weight excluding hydrogens is 368 g/mol. The maximum absolute atomic E-state index is 10.1. The van der Waals surface area contributed by atoms with Gasteiger partial charge in [0.15, 0.2) is 6.29 Å². The van der Waals surface area contributed by atoms with E-state index in [1.165, 1.54) is 0 Å². The Balaban J connectivity index is 0.000000180. The molecule has 2 aromatic heterocycles. The van der Waals surface area contributed by atoms with Crippen molar-refractivity contribution in [1.82, 2.24) is 19.6 Å². The lowest BCUT2D eigenvalue weighted by molar-refractivity contribution is 0.111. The molecule has 2 heterocycles. The van der Waals surface area contributed by atoms with Gasteiger partial charge in [-0.2, -0.15) is 10.2 Å². The number of carbonyl (C=O) groups is 1. The Kier molecular flexibility index (Phi) is 5.70. The fourth-order valence-corrected chi connectivity index (χ4v) is 2.14. The van der Waals surface area contributed by atoms with E-state index in [2.05, 4.69) is 42.1 Å². The minimum absolute atomic E-state index is 0.0125. The second-order valence-electron chi connectivity index (χ2n) is 3.41. The van der Waals surface area contributed by atoms with Crippen LogP contribution in [-0.4, -0.2) is 31.0 Å². The molecule has 0 unspecified atom stereocenters. The van der Waals surface area contributed by atoms with Crippen LogP contribution in [0.5, 0.6) is 0 Å². The molecule has 18 heavy (non-hydrogen) atoms. The highest BCUT2D eigenvalue weighted by Crippen LogP contribution is 2.13. The number of halogens is 2. The predicted octanol–water partition coefficient (Wildman–Crippen LogP) is 1.67. The highest BCUT2D eigenvalue weighted by atomic mass is 79.9. The number of carbonyl (C=O) groups excluding carboxylic acids is 1. The summed E-state index contributed by atoms with van der Waals surface area (Å²) in [6.45, 7) is -0.0125. The topological polar surface area (TPSA) is 72.9 Å². The number of rotatable bonds is 2. The van der Waals surface area contributed by atoms with E-state index in [0.29, 0.717) is 17.7 Å². The van der Waals surface area contributed by atoms with Gasteiger partial charge in [-0.25, -0.2) is 0 Å². The summed E-state index contributed by atoms with van der Waals surface area (Å²) in [7, 11) is 3.57. The van der Waals surface area contributed by atoms with Crippen molar-refractivity contribution < 1.29 is 9.90 Å². The molecular formula is C10H12Br2N4O2. The molecule has 0 atom stereocenters. The smallest absolute Gasteiger partial charge is 0.171 e. The second-order valence-corrected chi connectivity index (χ2v) is 5.12. The number of hydrogen-bond acceptors (Lipinski definition) is 4. The van der Waals surface area contributed by atoms with Crippen LogP contribution >= 0.6 is 31.9 Å². The van der Waals surface area contributed by atoms with Gasteiger partial charge in [0.25, 0.3) is 0 Å². The Hall–Kier alpha value is -0.990. The first kappa shape index (κ1) is 15.1. The van der Waals surface area contributed by atoms with E-state index in [4.69, 9.17) is 5.11 Å². The Morgan fingerprint density at radius 2 is 1.78 bits per heavy atom. The summed E-state index contributed by atoms with van der Waals surface area (Å²) in [5.74, 6) is 0. The molecule has 0 spiro atoms. The van der Waals surface area contributed by atoms with Crippen LogP contribution in [0.25, 0.3) is 0 Å². The van der Waals surface area contributed by atoms with Crippen molar-refractivity contribution in [2.24, 2.45) is 14.1 Å². The standard InChI is InChI=1S/C5H7BrN2O.C5H5BrN2O/c2*1-8-2-4(6)5(3-9)7-8/h2,9H,3H2,1H3;2-3H,1H3. The number of aryl methyl sites for hydroxylation is 2. The van der Waals surface area contributed by atoms with Crippen LogP contribution in [0, 0.1) is 0 Å². The van der Waals surface area contributed by atoms with Gasteiger partial charge in [-0.15, -0.1) is 0 Å². The number of aliphatic hydroxyl groups excluding tert-OH is 1. The third-order valence-corrected chi connectivity index (χ3v) is 3.20. The zero-order valence-electron chi connectivity index (χ0n) is 9.84. The van der Waals surface area contributed by atoms with Crippen molar-refractivity contribution in [3.05, 3.63) is 32.7 Å². The van der Waals surface area contributed by atoms with Crippen molar-refractivity contribution in [1.29, 1.82) is 0 Å². The third-order valence-electron chi connectivity index (χ3n) is 1.93. The number of aliphatic hydroxyl groups is 1. The summed E-state index contributed by atoms with van der Waals surface area (Å²) in [4.78, 5) is 10.1. The molecule has 8 heteroatoms. The number of aldehydes is 1. The van der Waals surface area contributed by atoms with E-state index >= 15 is 0 Å².